The molecule has 0 aliphatic heterocycles. The molecule has 0 unspecified atom stereocenters. The molecular weight excluding hydrogens is 327 g/mol. The lowest BCUT2D eigenvalue weighted by molar-refractivity contribution is 0.0601. The fourth-order valence-corrected chi connectivity index (χ4v) is 1.97. The Bertz CT molecular complexity index is 702. The smallest absolute Gasteiger partial charge is 0.337 e. The van der Waals surface area contributed by atoms with Gasteiger partial charge in [-0.05, 0) is 42.5 Å². The molecule has 0 aromatic heterocycles. The first-order valence-corrected chi connectivity index (χ1v) is 6.96. The van der Waals surface area contributed by atoms with Gasteiger partial charge in [0.05, 0.1) is 22.7 Å². The van der Waals surface area contributed by atoms with E-state index < -0.39 is 12.0 Å². The summed E-state index contributed by atoms with van der Waals surface area (Å²) in [6.45, 7) is 0. The molecule has 0 fully saturated rings. The summed E-state index contributed by atoms with van der Waals surface area (Å²) in [5.41, 5.74) is 1.45. The minimum Gasteiger partial charge on any atom is -0.465 e. The van der Waals surface area contributed by atoms with Gasteiger partial charge in [0.25, 0.3) is 0 Å². The Labute approximate surface area is 137 Å². The van der Waals surface area contributed by atoms with Gasteiger partial charge in [0.2, 0.25) is 0 Å². The van der Waals surface area contributed by atoms with Crippen LogP contribution in [0, 0.1) is 0 Å². The Balaban J connectivity index is 1.99. The molecule has 22 heavy (non-hydrogen) atoms. The first-order chi connectivity index (χ1) is 10.5. The molecule has 2 aromatic carbocycles. The molecule has 0 radical (unpaired) electrons. The summed E-state index contributed by atoms with van der Waals surface area (Å²) < 4.78 is 4.60. The molecule has 0 aliphatic rings. The second-order valence-electron chi connectivity index (χ2n) is 4.28. The van der Waals surface area contributed by atoms with E-state index in [2.05, 4.69) is 15.4 Å². The summed E-state index contributed by atoms with van der Waals surface area (Å²) in [6, 6.07) is 10.6. The van der Waals surface area contributed by atoms with E-state index in [4.69, 9.17) is 23.2 Å². The predicted octanol–water partition coefficient (Wildman–Crippen LogP) is 4.42. The van der Waals surface area contributed by atoms with Crippen LogP contribution in [0.4, 0.5) is 16.2 Å². The summed E-state index contributed by atoms with van der Waals surface area (Å²) in [7, 11) is 1.30. The van der Waals surface area contributed by atoms with Gasteiger partial charge in [-0.25, -0.2) is 9.59 Å². The maximum absolute atomic E-state index is 11.9. The minimum absolute atomic E-state index is 0.349. The maximum Gasteiger partial charge on any atom is 0.337 e. The van der Waals surface area contributed by atoms with Gasteiger partial charge in [-0.2, -0.15) is 0 Å². The summed E-state index contributed by atoms with van der Waals surface area (Å²) in [5.74, 6) is -0.438. The number of methoxy groups -OCH3 is 1. The summed E-state index contributed by atoms with van der Waals surface area (Å²) >= 11 is 11.7. The van der Waals surface area contributed by atoms with Crippen molar-refractivity contribution in [1.82, 2.24) is 0 Å². The molecule has 114 valence electrons. The third kappa shape index (κ3) is 4.13. The highest BCUT2D eigenvalue weighted by Crippen LogP contribution is 2.25. The van der Waals surface area contributed by atoms with E-state index >= 15 is 0 Å². The van der Waals surface area contributed by atoms with E-state index in [-0.39, 0.29) is 0 Å². The number of carbonyl (C=O) groups is 2. The van der Waals surface area contributed by atoms with Crippen LogP contribution in [0.1, 0.15) is 10.4 Å². The molecule has 0 spiro atoms. The molecular formula is C15H12Cl2N2O3. The lowest BCUT2D eigenvalue weighted by Crippen LogP contribution is -2.19. The topological polar surface area (TPSA) is 67.4 Å². The number of benzene rings is 2. The molecule has 0 saturated heterocycles. The number of amides is 2. The highest BCUT2D eigenvalue weighted by molar-refractivity contribution is 6.42. The van der Waals surface area contributed by atoms with Crippen LogP contribution in [-0.2, 0) is 4.74 Å². The van der Waals surface area contributed by atoms with Crippen LogP contribution in [0.5, 0.6) is 0 Å². The van der Waals surface area contributed by atoms with Crippen LogP contribution in [0.25, 0.3) is 0 Å². The molecule has 0 saturated carbocycles. The number of halogens is 2. The SMILES string of the molecule is COC(=O)c1ccc(NC(=O)Nc2ccc(Cl)c(Cl)c2)cc1. The van der Waals surface area contributed by atoms with Gasteiger partial charge in [-0.1, -0.05) is 23.2 Å². The van der Waals surface area contributed by atoms with Gasteiger partial charge in [0.1, 0.15) is 0 Å². The highest BCUT2D eigenvalue weighted by Gasteiger charge is 2.07. The maximum atomic E-state index is 11.9. The number of hydrogen-bond acceptors (Lipinski definition) is 3. The number of ether oxygens (including phenoxy) is 1. The third-order valence-electron chi connectivity index (χ3n) is 2.74. The number of anilines is 2. The minimum atomic E-state index is -0.441. The number of esters is 1. The number of urea groups is 1. The monoisotopic (exact) mass is 338 g/mol. The normalized spacial score (nSPS) is 9.95. The van der Waals surface area contributed by atoms with Crippen molar-refractivity contribution in [3.05, 3.63) is 58.1 Å². The zero-order chi connectivity index (χ0) is 16.1. The molecule has 2 rings (SSSR count). The second-order valence-corrected chi connectivity index (χ2v) is 5.09. The van der Waals surface area contributed by atoms with Gasteiger partial charge in [0.15, 0.2) is 0 Å². The average molecular weight is 339 g/mol. The molecule has 0 bridgehead atoms. The van der Waals surface area contributed by atoms with Crippen LogP contribution < -0.4 is 10.6 Å². The third-order valence-corrected chi connectivity index (χ3v) is 3.48. The van der Waals surface area contributed by atoms with Gasteiger partial charge in [-0.3, -0.25) is 0 Å². The molecule has 2 aromatic rings. The largest absolute Gasteiger partial charge is 0.465 e. The van der Waals surface area contributed by atoms with Gasteiger partial charge < -0.3 is 15.4 Å². The van der Waals surface area contributed by atoms with Crippen molar-refractivity contribution in [2.24, 2.45) is 0 Å². The van der Waals surface area contributed by atoms with E-state index in [0.717, 1.165) is 0 Å². The Kier molecular flexibility index (Phi) is 5.25. The van der Waals surface area contributed by atoms with E-state index in [1.54, 1.807) is 42.5 Å². The van der Waals surface area contributed by atoms with Crippen molar-refractivity contribution < 1.29 is 14.3 Å². The van der Waals surface area contributed by atoms with Gasteiger partial charge >= 0.3 is 12.0 Å². The van der Waals surface area contributed by atoms with Crippen molar-refractivity contribution in [3.63, 3.8) is 0 Å². The second kappa shape index (κ2) is 7.15. The quantitative estimate of drug-likeness (QED) is 0.813. The first kappa shape index (κ1) is 16.1. The van der Waals surface area contributed by atoms with Crippen LogP contribution in [0.3, 0.4) is 0 Å². The Morgan fingerprint density at radius 2 is 1.50 bits per heavy atom. The van der Waals surface area contributed by atoms with Crippen LogP contribution in [0.15, 0.2) is 42.5 Å². The van der Waals surface area contributed by atoms with Crippen molar-refractivity contribution >= 4 is 46.6 Å². The molecule has 7 heteroatoms. The van der Waals surface area contributed by atoms with Crippen molar-refractivity contribution in [2.45, 2.75) is 0 Å². The fourth-order valence-electron chi connectivity index (χ4n) is 1.67. The van der Waals surface area contributed by atoms with Crippen LogP contribution in [-0.4, -0.2) is 19.1 Å². The number of rotatable bonds is 3. The average Bonchev–Trinajstić information content (AvgIpc) is 2.51. The number of carbonyl (C=O) groups excluding carboxylic acids is 2. The summed E-state index contributed by atoms with van der Waals surface area (Å²) in [5, 5.41) is 6.01. The molecule has 0 atom stereocenters. The standard InChI is InChI=1S/C15H12Cl2N2O3/c1-22-14(20)9-2-4-10(5-3-9)18-15(21)19-11-6-7-12(16)13(17)8-11/h2-8H,1H3,(H2,18,19,21). The van der Waals surface area contributed by atoms with Gasteiger partial charge in [-0.15, -0.1) is 0 Å². The lowest BCUT2D eigenvalue weighted by atomic mass is 10.2. The highest BCUT2D eigenvalue weighted by atomic mass is 35.5. The fraction of sp³-hybridized carbons (Fsp3) is 0.0667. The molecule has 2 N–H and O–H groups in total. The zero-order valence-electron chi connectivity index (χ0n) is 11.5. The number of hydrogen-bond donors (Lipinski definition) is 2. The molecule has 0 aliphatic carbocycles. The van der Waals surface area contributed by atoms with E-state index in [9.17, 15) is 9.59 Å². The molecule has 0 heterocycles. The van der Waals surface area contributed by atoms with Crippen molar-refractivity contribution in [2.75, 3.05) is 17.7 Å². The number of nitrogens with one attached hydrogen (secondary N) is 2. The molecule has 2 amide bonds. The van der Waals surface area contributed by atoms with E-state index in [0.29, 0.717) is 27.0 Å². The first-order valence-electron chi connectivity index (χ1n) is 6.21. The lowest BCUT2D eigenvalue weighted by Gasteiger charge is -2.09. The summed E-state index contributed by atoms with van der Waals surface area (Å²) in [4.78, 5) is 23.2. The van der Waals surface area contributed by atoms with Crippen molar-refractivity contribution in [1.29, 1.82) is 0 Å². The Hall–Kier alpha value is -2.24. The molecule has 5 nitrogen and oxygen atoms in total. The van der Waals surface area contributed by atoms with E-state index in [1.807, 2.05) is 0 Å². The Morgan fingerprint density at radius 1 is 0.909 bits per heavy atom. The van der Waals surface area contributed by atoms with Crippen molar-refractivity contribution in [3.8, 4) is 0 Å². The summed E-state index contributed by atoms with van der Waals surface area (Å²) in [6.07, 6.45) is 0. The van der Waals surface area contributed by atoms with Crippen LogP contribution >= 0.6 is 23.2 Å². The Morgan fingerprint density at radius 3 is 2.09 bits per heavy atom. The van der Waals surface area contributed by atoms with Gasteiger partial charge in [0, 0.05) is 11.4 Å². The predicted molar refractivity (Wildman–Crippen MR) is 86.9 cm³/mol. The van der Waals surface area contributed by atoms with E-state index in [1.165, 1.54) is 7.11 Å². The zero-order valence-corrected chi connectivity index (χ0v) is 13.0. The van der Waals surface area contributed by atoms with Crippen LogP contribution in [0.2, 0.25) is 10.0 Å².